The van der Waals surface area contributed by atoms with E-state index in [1.54, 1.807) is 6.92 Å². The Kier molecular flexibility index (Phi) is 24.6. The van der Waals surface area contributed by atoms with Gasteiger partial charge in [-0.2, -0.15) is 0 Å². The second-order valence-electron chi connectivity index (χ2n) is 7.24. The molecular formula is C21H48N4. The molecule has 0 radical (unpaired) electrons. The maximum Gasteiger partial charge on any atom is 0.187 e. The summed E-state index contributed by atoms with van der Waals surface area (Å²) in [5.74, 6) is 0.0370. The number of nitrogens with zero attached hydrogens (tertiary/aromatic N) is 1. The van der Waals surface area contributed by atoms with E-state index in [-0.39, 0.29) is 12.1 Å². The van der Waals surface area contributed by atoms with Crippen molar-refractivity contribution in [3.8, 4) is 0 Å². The number of hydrogen-bond donors (Lipinski definition) is 3. The van der Waals surface area contributed by atoms with Crippen molar-refractivity contribution in [1.29, 1.82) is 0 Å². The quantitative estimate of drug-likeness (QED) is 0.184. The molecule has 0 spiro atoms. The third kappa shape index (κ3) is 31.5. The van der Waals surface area contributed by atoms with E-state index in [0.29, 0.717) is 0 Å². The molecule has 152 valence electrons. The molecule has 0 aliphatic heterocycles. The van der Waals surface area contributed by atoms with E-state index in [0.717, 1.165) is 0 Å². The van der Waals surface area contributed by atoms with Crippen LogP contribution in [-0.4, -0.2) is 12.1 Å². The van der Waals surface area contributed by atoms with Crippen molar-refractivity contribution in [2.45, 2.75) is 130 Å². The Morgan fingerprint density at radius 2 is 0.840 bits per heavy atom. The van der Waals surface area contributed by atoms with Crippen LogP contribution in [0.25, 0.3) is 0 Å². The van der Waals surface area contributed by atoms with Gasteiger partial charge in [-0.3, -0.25) is 0 Å². The Morgan fingerprint density at radius 1 is 0.600 bits per heavy atom. The van der Waals surface area contributed by atoms with E-state index in [9.17, 15) is 0 Å². The van der Waals surface area contributed by atoms with Crippen LogP contribution in [0.5, 0.6) is 0 Å². The summed E-state index contributed by atoms with van der Waals surface area (Å²) < 4.78 is 0. The maximum atomic E-state index is 5.15. The average Bonchev–Trinajstić information content (AvgIpc) is 2.54. The van der Waals surface area contributed by atoms with Crippen LogP contribution in [0, 0.1) is 0 Å². The van der Waals surface area contributed by atoms with Crippen LogP contribution in [0.1, 0.15) is 124 Å². The van der Waals surface area contributed by atoms with Crippen LogP contribution in [0.3, 0.4) is 0 Å². The van der Waals surface area contributed by atoms with Gasteiger partial charge in [-0.1, -0.05) is 117 Å². The number of hydrogen-bond acceptors (Lipinski definition) is 2. The summed E-state index contributed by atoms with van der Waals surface area (Å²) in [4.78, 5) is 3.53. The molecule has 0 aliphatic carbocycles. The van der Waals surface area contributed by atoms with Crippen molar-refractivity contribution in [2.24, 2.45) is 22.2 Å². The first-order valence-electron chi connectivity index (χ1n) is 10.9. The van der Waals surface area contributed by atoms with Crippen LogP contribution in [-0.2, 0) is 0 Å². The third-order valence-electron chi connectivity index (χ3n) is 4.31. The summed E-state index contributed by atoms with van der Waals surface area (Å²) >= 11 is 0. The number of nitrogens with two attached hydrogens (primary N) is 3. The molecule has 6 N–H and O–H groups in total. The molecule has 1 unspecified atom stereocenters. The molecule has 0 saturated carbocycles. The SMILES string of the molecule is CC(N)N=C(N)N.CCCCCCCCCCCCCCCCCC. The van der Waals surface area contributed by atoms with Gasteiger partial charge in [0.1, 0.15) is 0 Å². The molecule has 0 bridgehead atoms. The van der Waals surface area contributed by atoms with Gasteiger partial charge >= 0.3 is 0 Å². The van der Waals surface area contributed by atoms with Gasteiger partial charge in [-0.15, -0.1) is 0 Å². The lowest BCUT2D eigenvalue weighted by molar-refractivity contribution is 0.531. The molecule has 0 aliphatic rings. The summed E-state index contributed by atoms with van der Waals surface area (Å²) in [6.45, 7) is 6.28. The zero-order valence-electron chi connectivity index (χ0n) is 17.6. The van der Waals surface area contributed by atoms with Crippen molar-refractivity contribution < 1.29 is 0 Å². The second kappa shape index (κ2) is 23.2. The van der Waals surface area contributed by atoms with Gasteiger partial charge < -0.3 is 17.2 Å². The molecule has 4 heteroatoms. The number of aliphatic imine (C=N–C) groups is 1. The van der Waals surface area contributed by atoms with Gasteiger partial charge in [-0.25, -0.2) is 4.99 Å². The predicted molar refractivity (Wildman–Crippen MR) is 115 cm³/mol. The maximum absolute atomic E-state index is 5.15. The Hall–Kier alpha value is -0.770. The molecule has 25 heavy (non-hydrogen) atoms. The van der Waals surface area contributed by atoms with Crippen LogP contribution in [0.15, 0.2) is 4.99 Å². The van der Waals surface area contributed by atoms with E-state index in [2.05, 4.69) is 18.8 Å². The minimum Gasteiger partial charge on any atom is -0.370 e. The van der Waals surface area contributed by atoms with E-state index < -0.39 is 0 Å². The van der Waals surface area contributed by atoms with E-state index >= 15 is 0 Å². The third-order valence-corrected chi connectivity index (χ3v) is 4.31. The van der Waals surface area contributed by atoms with Crippen LogP contribution >= 0.6 is 0 Å². The lowest BCUT2D eigenvalue weighted by Crippen LogP contribution is -2.27. The smallest absolute Gasteiger partial charge is 0.187 e. The monoisotopic (exact) mass is 356 g/mol. The molecule has 0 rings (SSSR count). The highest BCUT2D eigenvalue weighted by Crippen LogP contribution is 2.13. The lowest BCUT2D eigenvalue weighted by Gasteiger charge is -2.03. The number of unbranched alkanes of at least 4 members (excludes halogenated alkanes) is 15. The molecule has 4 nitrogen and oxygen atoms in total. The fraction of sp³-hybridized carbons (Fsp3) is 0.952. The average molecular weight is 357 g/mol. The first-order valence-corrected chi connectivity index (χ1v) is 10.9. The summed E-state index contributed by atoms with van der Waals surface area (Å²) in [5, 5.41) is 0. The van der Waals surface area contributed by atoms with Gasteiger partial charge in [-0.05, 0) is 6.92 Å². The van der Waals surface area contributed by atoms with Crippen molar-refractivity contribution in [3.63, 3.8) is 0 Å². The molecule has 0 aromatic heterocycles. The molecule has 0 fully saturated rings. The van der Waals surface area contributed by atoms with Crippen LogP contribution in [0.4, 0.5) is 0 Å². The predicted octanol–water partition coefficient (Wildman–Crippen LogP) is 5.83. The Labute approximate surface area is 158 Å². The standard InChI is InChI=1S/C18H38.C3H10N4/c1-3-5-7-9-11-13-15-17-18-16-14-12-10-8-6-4-2;1-2(4)7-3(5)6/h3-18H2,1-2H3;2H,4H2,1H3,(H4,5,6,7). The molecule has 0 saturated heterocycles. The van der Waals surface area contributed by atoms with Gasteiger partial charge in [0.25, 0.3) is 0 Å². The van der Waals surface area contributed by atoms with Crippen molar-refractivity contribution in [3.05, 3.63) is 0 Å². The molecule has 0 aromatic carbocycles. The molecule has 0 aromatic rings. The second-order valence-corrected chi connectivity index (χ2v) is 7.24. The summed E-state index contributed by atoms with van der Waals surface area (Å²) in [7, 11) is 0. The van der Waals surface area contributed by atoms with Crippen molar-refractivity contribution in [2.75, 3.05) is 0 Å². The van der Waals surface area contributed by atoms with E-state index in [1.165, 1.54) is 103 Å². The van der Waals surface area contributed by atoms with E-state index in [4.69, 9.17) is 17.2 Å². The lowest BCUT2D eigenvalue weighted by atomic mass is 10.0. The molecule has 1 atom stereocenters. The fourth-order valence-electron chi connectivity index (χ4n) is 2.86. The summed E-state index contributed by atoms with van der Waals surface area (Å²) in [5.41, 5.74) is 15.0. The van der Waals surface area contributed by atoms with Gasteiger partial charge in [0.05, 0.1) is 6.17 Å². The summed E-state index contributed by atoms with van der Waals surface area (Å²) in [6, 6.07) is 0. The molecule has 0 heterocycles. The van der Waals surface area contributed by atoms with Gasteiger partial charge in [0.2, 0.25) is 0 Å². The van der Waals surface area contributed by atoms with Crippen LogP contribution < -0.4 is 17.2 Å². The molecule has 0 amide bonds. The summed E-state index contributed by atoms with van der Waals surface area (Å²) in [6.07, 6.45) is 23.1. The van der Waals surface area contributed by atoms with Crippen LogP contribution in [0.2, 0.25) is 0 Å². The minimum atomic E-state index is -0.287. The van der Waals surface area contributed by atoms with Crippen molar-refractivity contribution in [1.82, 2.24) is 0 Å². The highest BCUT2D eigenvalue weighted by atomic mass is 15.0. The Bertz CT molecular complexity index is 245. The Balaban J connectivity index is 0. The zero-order chi connectivity index (χ0) is 19.2. The van der Waals surface area contributed by atoms with E-state index in [1.807, 2.05) is 0 Å². The zero-order valence-corrected chi connectivity index (χ0v) is 17.6. The van der Waals surface area contributed by atoms with Gasteiger partial charge in [0, 0.05) is 0 Å². The largest absolute Gasteiger partial charge is 0.370 e. The topological polar surface area (TPSA) is 90.4 Å². The van der Waals surface area contributed by atoms with Gasteiger partial charge in [0.15, 0.2) is 5.96 Å². The number of rotatable bonds is 16. The highest BCUT2D eigenvalue weighted by molar-refractivity contribution is 5.75. The minimum absolute atomic E-state index is 0.0370. The molecular weight excluding hydrogens is 308 g/mol. The Morgan fingerprint density at radius 3 is 0.960 bits per heavy atom. The highest BCUT2D eigenvalue weighted by Gasteiger charge is 1.93. The first kappa shape index (κ1) is 26.5. The normalized spacial score (nSPS) is 11.5. The number of guanidine groups is 1. The first-order chi connectivity index (χ1) is 12.0. The fourth-order valence-corrected chi connectivity index (χ4v) is 2.86. The van der Waals surface area contributed by atoms with Crippen molar-refractivity contribution >= 4 is 5.96 Å².